The number of hydrogen-bond donors (Lipinski definition) is 2. The molecule has 2 N–H and O–H groups in total. The van der Waals surface area contributed by atoms with Crippen LogP contribution in [0.5, 0.6) is 0 Å². The maximum Gasteiger partial charge on any atom is 0.243 e. The molecule has 0 aliphatic heterocycles. The van der Waals surface area contributed by atoms with Crippen LogP contribution in [0.4, 0.5) is 11.4 Å². The summed E-state index contributed by atoms with van der Waals surface area (Å²) in [4.78, 5) is 23.7. The molecule has 2 aromatic carbocycles. The number of anilines is 2. The highest BCUT2D eigenvalue weighted by atomic mass is 32.2. The van der Waals surface area contributed by atoms with Gasteiger partial charge in [-0.3, -0.25) is 9.59 Å². The summed E-state index contributed by atoms with van der Waals surface area (Å²) in [7, 11) is -2.44. The molecule has 7 nitrogen and oxygen atoms in total. The Hall–Kier alpha value is -2.71. The zero-order valence-electron chi connectivity index (χ0n) is 16.7. The van der Waals surface area contributed by atoms with Crippen molar-refractivity contribution < 1.29 is 18.0 Å². The molecule has 150 valence electrons. The molecular weight excluding hydrogens is 378 g/mol. The van der Waals surface area contributed by atoms with E-state index in [4.69, 9.17) is 0 Å². The second kappa shape index (κ2) is 8.53. The third-order valence-corrected chi connectivity index (χ3v) is 6.22. The average molecular weight is 404 g/mol. The summed E-state index contributed by atoms with van der Waals surface area (Å²) in [5, 5.41) is 5.28. The molecule has 0 saturated heterocycles. The van der Waals surface area contributed by atoms with Crippen LogP contribution in [0.25, 0.3) is 0 Å². The molecular formula is C20H25N3O4S. The van der Waals surface area contributed by atoms with Crippen molar-refractivity contribution in [3.63, 3.8) is 0 Å². The maximum absolute atomic E-state index is 12.9. The largest absolute Gasteiger partial charge is 0.326 e. The lowest BCUT2D eigenvalue weighted by Crippen LogP contribution is -2.35. The van der Waals surface area contributed by atoms with Crippen molar-refractivity contribution in [2.45, 2.75) is 32.6 Å². The molecule has 0 saturated carbocycles. The highest BCUT2D eigenvalue weighted by molar-refractivity contribution is 7.89. The predicted octanol–water partition coefficient (Wildman–Crippen LogP) is 2.83. The van der Waals surface area contributed by atoms with E-state index in [1.807, 2.05) is 6.92 Å². The van der Waals surface area contributed by atoms with Gasteiger partial charge in [0.25, 0.3) is 0 Å². The van der Waals surface area contributed by atoms with Crippen molar-refractivity contribution in [1.82, 2.24) is 4.31 Å². The van der Waals surface area contributed by atoms with Crippen molar-refractivity contribution in [1.29, 1.82) is 0 Å². The van der Waals surface area contributed by atoms with Gasteiger partial charge >= 0.3 is 0 Å². The molecule has 0 unspecified atom stereocenters. The van der Waals surface area contributed by atoms with Crippen LogP contribution in [-0.2, 0) is 19.6 Å². The first-order chi connectivity index (χ1) is 13.0. The van der Waals surface area contributed by atoms with Crippen molar-refractivity contribution in [3.05, 3.63) is 53.1 Å². The van der Waals surface area contributed by atoms with Crippen LogP contribution in [0, 0.1) is 20.8 Å². The van der Waals surface area contributed by atoms with Crippen molar-refractivity contribution >= 4 is 33.2 Å². The van der Waals surface area contributed by atoms with Gasteiger partial charge in [0.05, 0.1) is 11.4 Å². The van der Waals surface area contributed by atoms with Crippen LogP contribution in [0.2, 0.25) is 0 Å². The van der Waals surface area contributed by atoms with Gasteiger partial charge in [-0.25, -0.2) is 8.42 Å². The van der Waals surface area contributed by atoms with E-state index < -0.39 is 15.9 Å². The molecule has 0 atom stereocenters. The number of carbonyl (C=O) groups is 2. The number of hydrogen-bond acceptors (Lipinski definition) is 4. The molecule has 8 heteroatoms. The van der Waals surface area contributed by atoms with Crippen LogP contribution >= 0.6 is 0 Å². The van der Waals surface area contributed by atoms with Gasteiger partial charge in [-0.1, -0.05) is 23.8 Å². The smallest absolute Gasteiger partial charge is 0.243 e. The number of sulfonamides is 1. The third-order valence-electron chi connectivity index (χ3n) is 4.11. The van der Waals surface area contributed by atoms with E-state index in [0.29, 0.717) is 22.5 Å². The SMILES string of the molecule is CC(=O)Nc1cccc(NC(=O)CN(C)S(=O)(=O)c2c(C)cc(C)cc2C)c1. The van der Waals surface area contributed by atoms with Crippen molar-refractivity contribution in [3.8, 4) is 0 Å². The fraction of sp³-hybridized carbons (Fsp3) is 0.300. The lowest BCUT2D eigenvalue weighted by Gasteiger charge is -2.20. The van der Waals surface area contributed by atoms with Crippen molar-refractivity contribution in [2.24, 2.45) is 0 Å². The Kier molecular flexibility index (Phi) is 6.58. The fourth-order valence-corrected chi connectivity index (χ4v) is 4.63. The Balaban J connectivity index is 2.15. The predicted molar refractivity (Wildman–Crippen MR) is 110 cm³/mol. The highest BCUT2D eigenvalue weighted by Crippen LogP contribution is 2.24. The molecule has 0 aliphatic rings. The second-order valence-corrected chi connectivity index (χ2v) is 8.78. The van der Waals surface area contributed by atoms with Gasteiger partial charge in [0.15, 0.2) is 0 Å². The zero-order chi connectivity index (χ0) is 21.1. The lowest BCUT2D eigenvalue weighted by atomic mass is 10.1. The number of nitrogens with zero attached hydrogens (tertiary/aromatic N) is 1. The molecule has 0 radical (unpaired) electrons. The number of nitrogens with one attached hydrogen (secondary N) is 2. The molecule has 2 amide bonds. The van der Waals surface area contributed by atoms with Crippen LogP contribution in [0.15, 0.2) is 41.3 Å². The quantitative estimate of drug-likeness (QED) is 0.775. The number of likely N-dealkylation sites (N-methyl/N-ethyl adjacent to an activating group) is 1. The van der Waals surface area contributed by atoms with Crippen molar-refractivity contribution in [2.75, 3.05) is 24.2 Å². The number of rotatable bonds is 6. The second-order valence-electron chi connectivity index (χ2n) is 6.80. The molecule has 28 heavy (non-hydrogen) atoms. The molecule has 0 aromatic heterocycles. The van der Waals surface area contributed by atoms with Crippen LogP contribution < -0.4 is 10.6 Å². The Morgan fingerprint density at radius 3 is 2.04 bits per heavy atom. The van der Waals surface area contributed by atoms with E-state index in [1.54, 1.807) is 50.2 Å². The van der Waals surface area contributed by atoms with E-state index in [0.717, 1.165) is 9.87 Å². The number of benzene rings is 2. The monoisotopic (exact) mass is 403 g/mol. The fourth-order valence-electron chi connectivity index (χ4n) is 3.10. The van der Waals surface area contributed by atoms with E-state index >= 15 is 0 Å². The molecule has 0 fully saturated rings. The Morgan fingerprint density at radius 2 is 1.50 bits per heavy atom. The van der Waals surface area contributed by atoms with Crippen LogP contribution in [-0.4, -0.2) is 38.1 Å². The zero-order valence-corrected chi connectivity index (χ0v) is 17.5. The van der Waals surface area contributed by atoms with Crippen LogP contribution in [0.1, 0.15) is 23.6 Å². The van der Waals surface area contributed by atoms with E-state index in [-0.39, 0.29) is 17.3 Å². The van der Waals surface area contributed by atoms with Gasteiger partial charge < -0.3 is 10.6 Å². The van der Waals surface area contributed by atoms with Gasteiger partial charge in [-0.2, -0.15) is 4.31 Å². The molecule has 0 aliphatic carbocycles. The molecule has 0 bridgehead atoms. The minimum Gasteiger partial charge on any atom is -0.326 e. The Morgan fingerprint density at radius 1 is 0.964 bits per heavy atom. The van der Waals surface area contributed by atoms with E-state index in [2.05, 4.69) is 10.6 Å². The molecule has 2 aromatic rings. The first kappa shape index (κ1) is 21.6. The van der Waals surface area contributed by atoms with E-state index in [1.165, 1.54) is 14.0 Å². The molecule has 0 heterocycles. The summed E-state index contributed by atoms with van der Waals surface area (Å²) in [6.45, 7) is 6.45. The normalized spacial score (nSPS) is 11.4. The summed E-state index contributed by atoms with van der Waals surface area (Å²) >= 11 is 0. The summed E-state index contributed by atoms with van der Waals surface area (Å²) in [6.07, 6.45) is 0. The van der Waals surface area contributed by atoms with Gasteiger partial charge in [0.1, 0.15) is 0 Å². The van der Waals surface area contributed by atoms with Gasteiger partial charge in [0, 0.05) is 25.3 Å². The number of aryl methyl sites for hydroxylation is 3. The molecule has 2 rings (SSSR count). The topological polar surface area (TPSA) is 95.6 Å². The van der Waals surface area contributed by atoms with Gasteiger partial charge in [0.2, 0.25) is 21.8 Å². The Bertz CT molecular complexity index is 993. The average Bonchev–Trinajstić information content (AvgIpc) is 2.52. The van der Waals surface area contributed by atoms with E-state index in [9.17, 15) is 18.0 Å². The number of carbonyl (C=O) groups excluding carboxylic acids is 2. The Labute approximate surface area is 165 Å². The lowest BCUT2D eigenvalue weighted by molar-refractivity contribution is -0.116. The van der Waals surface area contributed by atoms with Gasteiger partial charge in [-0.05, 0) is 50.1 Å². The van der Waals surface area contributed by atoms with Gasteiger partial charge in [-0.15, -0.1) is 0 Å². The standard InChI is InChI=1S/C20H25N3O4S/c1-13-9-14(2)20(15(3)10-13)28(26,27)23(5)12-19(25)22-18-8-6-7-17(11-18)21-16(4)24/h6-11H,12H2,1-5H3,(H,21,24)(H,22,25). The summed E-state index contributed by atoms with van der Waals surface area (Å²) in [5.74, 6) is -0.702. The number of amides is 2. The summed E-state index contributed by atoms with van der Waals surface area (Å²) in [6, 6.07) is 10.2. The minimum atomic E-state index is -3.81. The summed E-state index contributed by atoms with van der Waals surface area (Å²) in [5.41, 5.74) is 3.27. The minimum absolute atomic E-state index is 0.223. The third kappa shape index (κ3) is 5.17. The first-order valence-corrected chi connectivity index (χ1v) is 10.2. The highest BCUT2D eigenvalue weighted by Gasteiger charge is 2.26. The molecule has 0 spiro atoms. The summed E-state index contributed by atoms with van der Waals surface area (Å²) < 4.78 is 26.9. The van der Waals surface area contributed by atoms with Crippen LogP contribution in [0.3, 0.4) is 0 Å². The first-order valence-electron chi connectivity index (χ1n) is 8.72. The maximum atomic E-state index is 12.9.